The number of hydrogen-bond acceptors (Lipinski definition) is 8. The molecule has 1 unspecified atom stereocenters. The van der Waals surface area contributed by atoms with Gasteiger partial charge in [0.25, 0.3) is 0 Å². The van der Waals surface area contributed by atoms with Crippen LogP contribution in [0.5, 0.6) is 0 Å². The Bertz CT molecular complexity index is 324. The van der Waals surface area contributed by atoms with Crippen LogP contribution in [-0.2, 0) is 34.4 Å². The average Bonchev–Trinajstić information content (AvgIpc) is 2.16. The van der Waals surface area contributed by atoms with Crippen molar-refractivity contribution < 1.29 is 119 Å². The van der Waals surface area contributed by atoms with Crippen molar-refractivity contribution in [3.05, 3.63) is 15.3 Å². The van der Waals surface area contributed by atoms with Crippen molar-refractivity contribution in [1.29, 1.82) is 0 Å². The van der Waals surface area contributed by atoms with Crippen LogP contribution in [0.15, 0.2) is 0 Å². The van der Waals surface area contributed by atoms with Gasteiger partial charge in [0, 0.05) is 12.4 Å². The fourth-order valence-electron chi connectivity index (χ4n) is 0.703. The van der Waals surface area contributed by atoms with Crippen LogP contribution in [0, 0.1) is 15.3 Å². The molecule has 0 saturated heterocycles. The molecule has 3 N–H and O–H groups in total. The normalized spacial score (nSPS) is 10.5. The zero-order valence-electron chi connectivity index (χ0n) is 10.7. The zero-order chi connectivity index (χ0) is 16.2. The molecule has 116 valence electrons. The van der Waals surface area contributed by atoms with Crippen LogP contribution < -0.4 is 64.2 Å². The molecule has 0 aromatic rings. The summed E-state index contributed by atoms with van der Waals surface area (Å²) in [6, 6.07) is 0. The minimum absolute atomic E-state index is 0. The molecule has 0 aliphatic heterocycles. The number of aliphatic hydroxyl groups is 1. The fourth-order valence-corrected chi connectivity index (χ4v) is 0.703. The van der Waals surface area contributed by atoms with E-state index in [1.807, 2.05) is 0 Å². The van der Waals surface area contributed by atoms with Crippen LogP contribution in [0.25, 0.3) is 0 Å². The molecule has 1 atom stereocenters. The molecule has 0 radical (unpaired) electrons. The Balaban J connectivity index is -0.0000000922. The molecule has 0 fully saturated rings. The first kappa shape index (κ1) is 33.3. The van der Waals surface area contributed by atoms with E-state index in [0.29, 0.717) is 0 Å². The predicted octanol–water partition coefficient (Wildman–Crippen LogP) is -8.13. The van der Waals surface area contributed by atoms with Crippen LogP contribution in [-0.4, -0.2) is 43.9 Å². The van der Waals surface area contributed by atoms with E-state index >= 15 is 0 Å². The zero-order valence-corrected chi connectivity index (χ0v) is 17.0. The number of carboxylic acids is 3. The summed E-state index contributed by atoms with van der Waals surface area (Å²) in [7, 11) is 4.45. The maximum atomic E-state index is 10.3. The number of aliphatic carboxylic acids is 3. The first-order valence-electron chi connectivity index (χ1n) is 3.81. The summed E-state index contributed by atoms with van der Waals surface area (Å²) in [5, 5.41) is 50.3. The Kier molecular flexibility index (Phi) is 29.5. The predicted molar refractivity (Wildman–Crippen MR) is 50.7 cm³/mol. The number of carbonyl (C=O) groups excluding carboxylic acids is 1. The second kappa shape index (κ2) is 18.6. The van der Waals surface area contributed by atoms with E-state index in [9.17, 15) is 19.5 Å². The van der Waals surface area contributed by atoms with Gasteiger partial charge in [0.05, 0.1) is 11.5 Å². The van der Waals surface area contributed by atoms with Crippen molar-refractivity contribution >= 4 is 27.1 Å². The van der Waals surface area contributed by atoms with Gasteiger partial charge in [0.1, 0.15) is 0 Å². The summed E-state index contributed by atoms with van der Waals surface area (Å²) < 4.78 is 0. The molecule has 0 amide bonds. The quantitative estimate of drug-likeness (QED) is 0.208. The van der Waals surface area contributed by atoms with Crippen molar-refractivity contribution in [3.8, 4) is 0 Å². The molecule has 0 spiro atoms. The summed E-state index contributed by atoms with van der Waals surface area (Å²) in [5.41, 5.74) is -2.80. The van der Waals surface area contributed by atoms with E-state index in [0.717, 1.165) is 0 Å². The molecule has 0 aromatic heterocycles. The summed E-state index contributed by atoms with van der Waals surface area (Å²) >= 11 is 2.42. The minimum Gasteiger partial charge on any atom is 1.00 e. The van der Waals surface area contributed by atoms with Crippen LogP contribution >= 0.6 is 9.19 Å². The van der Waals surface area contributed by atoms with E-state index < -0.39 is 41.4 Å². The first-order valence-corrected chi connectivity index (χ1v) is 5.72. The number of hydrogen-bond donors (Lipinski definition) is 3. The molecule has 11 nitrogen and oxygen atoms in total. The monoisotopic (exact) mass is 441 g/mol. The minimum atomic E-state index is -2.80. The van der Waals surface area contributed by atoms with Gasteiger partial charge in [-0.05, 0) is 0 Å². The third kappa shape index (κ3) is 25.9. The van der Waals surface area contributed by atoms with Gasteiger partial charge in [-0.1, -0.05) is 0 Å². The third-order valence-electron chi connectivity index (χ3n) is 1.28. The first-order chi connectivity index (χ1) is 8.51. The molecular weight excluding hydrogens is 435 g/mol. The van der Waals surface area contributed by atoms with E-state index in [-0.39, 0.29) is 59.1 Å². The van der Waals surface area contributed by atoms with Crippen molar-refractivity contribution in [2.45, 2.75) is 18.4 Å². The molecule has 0 bridgehead atoms. The summed E-state index contributed by atoms with van der Waals surface area (Å²) in [4.78, 5) is 38.6. The largest absolute Gasteiger partial charge is 1.00 e. The maximum absolute atomic E-state index is 10.3. The standard InChI is InChI=1S/C6H8O7.Ag.ClH.NO3.2Na/c7-3(8)1-6(13,5(11)12)2-4(9)10;;;2-1(3)4;;/h13H,1-2H2,(H,7,8)(H,9,10)(H,11,12);;1H;;;/q;+1;;-1;2*+1/p-2. The molecular formula is C6H7AgClNNa2O10. The van der Waals surface area contributed by atoms with Gasteiger partial charge >= 0.3 is 100 Å². The maximum Gasteiger partial charge on any atom is 1.00 e. The van der Waals surface area contributed by atoms with Gasteiger partial charge in [-0.25, -0.2) is 4.79 Å². The fraction of sp³-hybridized carbons (Fsp3) is 0.500. The van der Waals surface area contributed by atoms with Crippen molar-refractivity contribution in [2.75, 3.05) is 0 Å². The van der Waals surface area contributed by atoms with E-state index in [2.05, 4.69) is 29.2 Å². The van der Waals surface area contributed by atoms with Crippen LogP contribution in [0.3, 0.4) is 0 Å². The Labute approximate surface area is 178 Å². The second-order valence-corrected chi connectivity index (χ2v) is 2.68. The molecule has 15 heteroatoms. The molecule has 21 heavy (non-hydrogen) atoms. The Morgan fingerprint density at radius 1 is 1.10 bits per heavy atom. The van der Waals surface area contributed by atoms with Gasteiger partial charge in [-0.2, -0.15) is 0 Å². The van der Waals surface area contributed by atoms with Gasteiger partial charge in [-0.3, -0.25) is 4.79 Å². The Morgan fingerprint density at radius 2 is 1.38 bits per heavy atom. The van der Waals surface area contributed by atoms with Crippen LogP contribution in [0.4, 0.5) is 0 Å². The average molecular weight is 442 g/mol. The number of carbonyl (C=O) groups is 3. The van der Waals surface area contributed by atoms with Crippen molar-refractivity contribution in [2.24, 2.45) is 0 Å². The van der Waals surface area contributed by atoms with Crippen molar-refractivity contribution in [1.82, 2.24) is 0 Å². The molecule has 0 aromatic carbocycles. The molecule has 0 rings (SSSR count). The Morgan fingerprint density at radius 3 is 1.52 bits per heavy atom. The summed E-state index contributed by atoms with van der Waals surface area (Å²) in [6.07, 6.45) is -2.44. The number of nitrogens with zero attached hydrogens (tertiary/aromatic N) is 1. The van der Waals surface area contributed by atoms with Gasteiger partial charge in [0.15, 0.2) is 5.60 Å². The Hall–Kier alpha value is 0.600. The van der Waals surface area contributed by atoms with Gasteiger partial charge in [-0.15, -0.1) is 0 Å². The van der Waals surface area contributed by atoms with Crippen LogP contribution in [0.2, 0.25) is 0 Å². The van der Waals surface area contributed by atoms with Gasteiger partial charge < -0.3 is 40.5 Å². The molecule has 0 aliphatic carbocycles. The SMILES string of the molecule is O=C([O-])CC(O)(CC(=O)O)C(=O)O.O=[N+]([O-])[O-].[Cl][Ag].[Na+].[Na+]. The number of halogens is 1. The third-order valence-corrected chi connectivity index (χ3v) is 1.28. The smallest absolute Gasteiger partial charge is 1.00 e. The van der Waals surface area contributed by atoms with E-state index in [4.69, 9.17) is 30.6 Å². The van der Waals surface area contributed by atoms with E-state index in [1.54, 1.807) is 0 Å². The number of rotatable bonds is 5. The topological polar surface area (TPSA) is 201 Å². The van der Waals surface area contributed by atoms with Gasteiger partial charge in [0.2, 0.25) is 0 Å². The number of carboxylic acid groups (broad SMARTS) is 3. The molecule has 0 aliphatic rings. The summed E-state index contributed by atoms with van der Waals surface area (Å²) in [5.74, 6) is -5.34. The van der Waals surface area contributed by atoms with Crippen LogP contribution in [0.1, 0.15) is 12.8 Å². The molecule has 0 saturated carbocycles. The molecule has 0 heterocycles. The summed E-state index contributed by atoms with van der Waals surface area (Å²) in [6.45, 7) is 0. The second-order valence-electron chi connectivity index (χ2n) is 2.68. The van der Waals surface area contributed by atoms with E-state index in [1.165, 1.54) is 0 Å². The van der Waals surface area contributed by atoms with Crippen molar-refractivity contribution in [3.63, 3.8) is 0 Å².